The molecule has 0 heterocycles. The topological polar surface area (TPSA) is 105 Å². The van der Waals surface area contributed by atoms with Crippen LogP contribution in [0.25, 0.3) is 0 Å². The molecule has 0 saturated carbocycles. The number of hydrogen-bond donors (Lipinski definition) is 0. The maximum atomic E-state index is 9.50. The Morgan fingerprint density at radius 2 is 1.90 bits per heavy atom. The van der Waals surface area contributed by atoms with Crippen LogP contribution in [0.15, 0.2) is 0 Å². The molecule has 10 heavy (non-hydrogen) atoms. The fraction of sp³-hybridized carbons (Fsp3) is 1.00. The van der Waals surface area contributed by atoms with Crippen LogP contribution < -0.4 is 0 Å². The molecular weight excluding hydrogens is 148 g/mol. The molecule has 0 saturated heterocycles. The normalized spacial score (nSPS) is 8.80. The first-order chi connectivity index (χ1) is 4.63. The van der Waals surface area contributed by atoms with Crippen LogP contribution in [0.1, 0.15) is 0 Å². The average Bonchev–Trinajstić information content (AvgIpc) is 1.79. The summed E-state index contributed by atoms with van der Waals surface area (Å²) in [5, 5.41) is 17.8. The Balaban J connectivity index is 3.06. The largest absolute Gasteiger partial charge is 0.307 e. The highest BCUT2D eigenvalue weighted by atomic mass is 17.0. The van der Waals surface area contributed by atoms with E-state index in [0.29, 0.717) is 0 Å². The van der Waals surface area contributed by atoms with Crippen LogP contribution in [0.4, 0.5) is 0 Å². The molecule has 0 spiro atoms. The van der Waals surface area contributed by atoms with E-state index in [9.17, 15) is 20.2 Å². The Kier molecular flexibility index (Phi) is 3.80. The third-order valence-corrected chi connectivity index (χ3v) is 0.438. The Morgan fingerprint density at radius 3 is 2.30 bits per heavy atom. The van der Waals surface area contributed by atoms with Gasteiger partial charge in [0, 0.05) is 4.92 Å². The molecule has 0 aliphatic carbocycles. The zero-order chi connectivity index (χ0) is 7.98. The van der Waals surface area contributed by atoms with Crippen molar-refractivity contribution in [3.8, 4) is 0 Å². The van der Waals surface area contributed by atoms with Gasteiger partial charge in [-0.3, -0.25) is 19.7 Å². The van der Waals surface area contributed by atoms with E-state index < -0.39 is 23.5 Å². The van der Waals surface area contributed by atoms with Crippen LogP contribution in [0.2, 0.25) is 0 Å². The van der Waals surface area contributed by atoms with Crippen molar-refractivity contribution in [2.75, 3.05) is 13.5 Å². The lowest BCUT2D eigenvalue weighted by atomic mass is 11.3. The molecule has 8 nitrogen and oxygen atoms in total. The summed E-state index contributed by atoms with van der Waals surface area (Å²) in [5.74, 6) is 0. The Bertz CT molecular complexity index is 118. The van der Waals surface area contributed by atoms with Gasteiger partial charge < -0.3 is 0 Å². The summed E-state index contributed by atoms with van der Waals surface area (Å²) in [5.41, 5.74) is 0. The zero-order valence-electron chi connectivity index (χ0n) is 4.76. The molecule has 0 aliphatic heterocycles. The maximum absolute atomic E-state index is 9.50. The first-order valence-corrected chi connectivity index (χ1v) is 2.10. The fourth-order valence-electron chi connectivity index (χ4n) is 0.192. The molecule has 0 radical (unpaired) electrons. The molecule has 0 aromatic rings. The van der Waals surface area contributed by atoms with E-state index in [4.69, 9.17) is 0 Å². The molecule has 58 valence electrons. The summed E-state index contributed by atoms with van der Waals surface area (Å²) in [6.45, 7) is -1.51. The summed E-state index contributed by atoms with van der Waals surface area (Å²) in [4.78, 5) is 21.7. The molecule has 0 aromatic carbocycles. The predicted octanol–water partition coefficient (Wildman–Crippen LogP) is -0.597. The first-order valence-electron chi connectivity index (χ1n) is 2.10. The second kappa shape index (κ2) is 4.44. The molecule has 0 atom stereocenters. The van der Waals surface area contributed by atoms with Crippen LogP contribution in [0.3, 0.4) is 0 Å². The lowest BCUT2D eigenvalue weighted by Crippen LogP contribution is -2.11. The van der Waals surface area contributed by atoms with Gasteiger partial charge in [-0.2, -0.15) is 0 Å². The standard InChI is InChI=1S/C2H4N2O6/c5-3(6)1-9-2-10-4(7)8/h1-2H2. The lowest BCUT2D eigenvalue weighted by molar-refractivity contribution is -0.770. The molecule has 0 rings (SSSR count). The zero-order valence-corrected chi connectivity index (χ0v) is 4.76. The summed E-state index contributed by atoms with van der Waals surface area (Å²) in [7, 11) is 0. The minimum atomic E-state index is -1.10. The Labute approximate surface area is 54.6 Å². The maximum Gasteiger partial charge on any atom is 0.307 e. The highest BCUT2D eigenvalue weighted by Crippen LogP contribution is 1.78. The van der Waals surface area contributed by atoms with Gasteiger partial charge in [0.15, 0.2) is 0 Å². The first kappa shape index (κ1) is 8.56. The van der Waals surface area contributed by atoms with Crippen LogP contribution in [0.5, 0.6) is 0 Å². The van der Waals surface area contributed by atoms with Gasteiger partial charge in [0.25, 0.3) is 5.09 Å². The van der Waals surface area contributed by atoms with E-state index >= 15 is 0 Å². The van der Waals surface area contributed by atoms with E-state index in [1.165, 1.54) is 0 Å². The van der Waals surface area contributed by atoms with Crippen molar-refractivity contribution >= 4 is 0 Å². The van der Waals surface area contributed by atoms with E-state index in [1.807, 2.05) is 0 Å². The van der Waals surface area contributed by atoms with Gasteiger partial charge in [0.2, 0.25) is 6.79 Å². The van der Waals surface area contributed by atoms with Crippen LogP contribution in [-0.4, -0.2) is 23.5 Å². The van der Waals surface area contributed by atoms with Crippen molar-refractivity contribution in [1.82, 2.24) is 0 Å². The predicted molar refractivity (Wildman–Crippen MR) is 25.9 cm³/mol. The highest BCUT2D eigenvalue weighted by molar-refractivity contribution is 4.03. The second-order valence-corrected chi connectivity index (χ2v) is 1.14. The number of nitro groups is 1. The van der Waals surface area contributed by atoms with E-state index in [0.717, 1.165) is 0 Å². The van der Waals surface area contributed by atoms with Crippen molar-refractivity contribution in [1.29, 1.82) is 0 Å². The Hall–Kier alpha value is -1.44. The van der Waals surface area contributed by atoms with Crippen molar-refractivity contribution < 1.29 is 19.6 Å². The fourth-order valence-corrected chi connectivity index (χ4v) is 0.192. The Morgan fingerprint density at radius 1 is 1.30 bits per heavy atom. The van der Waals surface area contributed by atoms with Gasteiger partial charge in [0.1, 0.15) is 0 Å². The van der Waals surface area contributed by atoms with E-state index in [2.05, 4.69) is 9.57 Å². The average molecular weight is 152 g/mol. The summed E-state index contributed by atoms with van der Waals surface area (Å²) in [6, 6.07) is 0. The van der Waals surface area contributed by atoms with Crippen molar-refractivity contribution in [3.05, 3.63) is 20.2 Å². The van der Waals surface area contributed by atoms with Crippen LogP contribution in [0, 0.1) is 20.2 Å². The minimum absolute atomic E-state index is 0.714. The van der Waals surface area contributed by atoms with Crippen molar-refractivity contribution in [2.24, 2.45) is 0 Å². The molecule has 0 aliphatic rings. The number of nitrogens with zero attached hydrogens (tertiary/aromatic N) is 2. The molecule has 0 N–H and O–H groups in total. The summed E-state index contributed by atoms with van der Waals surface area (Å²) < 4.78 is 4.04. The van der Waals surface area contributed by atoms with Gasteiger partial charge in [-0.15, -0.1) is 10.1 Å². The number of ether oxygens (including phenoxy) is 1. The van der Waals surface area contributed by atoms with Gasteiger partial charge in [-0.1, -0.05) is 0 Å². The van der Waals surface area contributed by atoms with Gasteiger partial charge in [0.05, 0.1) is 0 Å². The van der Waals surface area contributed by atoms with Gasteiger partial charge in [-0.05, 0) is 0 Å². The molecule has 0 unspecified atom stereocenters. The molecule has 0 fully saturated rings. The third-order valence-electron chi connectivity index (χ3n) is 0.438. The smallest absolute Gasteiger partial charge is 0.292 e. The molecule has 0 bridgehead atoms. The van der Waals surface area contributed by atoms with E-state index in [-0.39, 0.29) is 0 Å². The van der Waals surface area contributed by atoms with Crippen molar-refractivity contribution in [2.45, 2.75) is 0 Å². The SMILES string of the molecule is O=[N+]([O-])COCO[N+](=O)[O-]. The quantitative estimate of drug-likeness (QED) is 0.225. The monoisotopic (exact) mass is 152 g/mol. The van der Waals surface area contributed by atoms with Gasteiger partial charge >= 0.3 is 6.73 Å². The summed E-state index contributed by atoms with van der Waals surface area (Å²) >= 11 is 0. The summed E-state index contributed by atoms with van der Waals surface area (Å²) in [6.07, 6.45) is 0. The lowest BCUT2D eigenvalue weighted by Gasteiger charge is -1.94. The molecular formula is C2H4N2O6. The molecule has 0 amide bonds. The third kappa shape index (κ3) is 6.56. The van der Waals surface area contributed by atoms with Crippen LogP contribution >= 0.6 is 0 Å². The molecule has 0 aromatic heterocycles. The number of rotatable bonds is 5. The number of hydrogen-bond acceptors (Lipinski definition) is 6. The van der Waals surface area contributed by atoms with Gasteiger partial charge in [-0.25, -0.2) is 0 Å². The minimum Gasteiger partial charge on any atom is -0.292 e. The molecule has 8 heteroatoms. The van der Waals surface area contributed by atoms with Crippen molar-refractivity contribution in [3.63, 3.8) is 0 Å². The van der Waals surface area contributed by atoms with Crippen LogP contribution in [-0.2, 0) is 9.57 Å². The van der Waals surface area contributed by atoms with E-state index in [1.54, 1.807) is 0 Å². The highest BCUT2D eigenvalue weighted by Gasteiger charge is 1.97. The second-order valence-electron chi connectivity index (χ2n) is 1.14.